The zero-order valence-corrected chi connectivity index (χ0v) is 12.5. The van der Waals surface area contributed by atoms with E-state index < -0.39 is 0 Å². The van der Waals surface area contributed by atoms with Crippen LogP contribution in [0.3, 0.4) is 0 Å². The number of pyridine rings is 1. The van der Waals surface area contributed by atoms with Gasteiger partial charge < -0.3 is 14.7 Å². The van der Waals surface area contributed by atoms with Gasteiger partial charge in [0.2, 0.25) is 0 Å². The highest BCUT2D eigenvalue weighted by atomic mass is 16.5. The van der Waals surface area contributed by atoms with Crippen LogP contribution in [0.4, 0.5) is 5.82 Å². The summed E-state index contributed by atoms with van der Waals surface area (Å²) in [7, 11) is 1.68. The molecule has 0 aliphatic carbocycles. The first-order valence-electron chi connectivity index (χ1n) is 7.63. The van der Waals surface area contributed by atoms with Crippen LogP contribution in [0.5, 0.6) is 5.75 Å². The molecule has 1 aliphatic rings. The monoisotopic (exact) mass is 286 g/mol. The van der Waals surface area contributed by atoms with Crippen molar-refractivity contribution in [1.29, 1.82) is 0 Å². The smallest absolute Gasteiger partial charge is 0.136 e. The second kappa shape index (κ2) is 6.31. The number of nitrogens with zero attached hydrogens (tertiary/aromatic N) is 2. The summed E-state index contributed by atoms with van der Waals surface area (Å²) in [6.07, 6.45) is 6.44. The summed E-state index contributed by atoms with van der Waals surface area (Å²) in [5, 5.41) is 12.0. The van der Waals surface area contributed by atoms with Crippen molar-refractivity contribution in [3.63, 3.8) is 0 Å². The van der Waals surface area contributed by atoms with Gasteiger partial charge in [-0.05, 0) is 42.5 Å². The minimum absolute atomic E-state index is 0.174. The Hall–Kier alpha value is -1.81. The third-order valence-electron chi connectivity index (χ3n) is 4.31. The molecule has 1 fully saturated rings. The maximum Gasteiger partial charge on any atom is 0.136 e. The Balaban J connectivity index is 2.05. The number of hydrogen-bond donors (Lipinski definition) is 1. The molecule has 2 aromatic rings. The van der Waals surface area contributed by atoms with Crippen molar-refractivity contribution in [1.82, 2.24) is 4.98 Å². The van der Waals surface area contributed by atoms with E-state index in [9.17, 15) is 5.11 Å². The summed E-state index contributed by atoms with van der Waals surface area (Å²) in [4.78, 5) is 6.88. The molecule has 4 heteroatoms. The van der Waals surface area contributed by atoms with Gasteiger partial charge >= 0.3 is 0 Å². The Morgan fingerprint density at radius 1 is 1.29 bits per heavy atom. The number of aromatic nitrogens is 1. The largest absolute Gasteiger partial charge is 0.497 e. The second-order valence-corrected chi connectivity index (χ2v) is 5.60. The summed E-state index contributed by atoms with van der Waals surface area (Å²) >= 11 is 0. The van der Waals surface area contributed by atoms with Gasteiger partial charge in [0.25, 0.3) is 0 Å². The number of anilines is 1. The Labute approximate surface area is 125 Å². The molecule has 1 atom stereocenters. The lowest BCUT2D eigenvalue weighted by Crippen LogP contribution is -2.38. The van der Waals surface area contributed by atoms with Gasteiger partial charge in [-0.3, -0.25) is 0 Å². The highest BCUT2D eigenvalue weighted by molar-refractivity contribution is 5.93. The molecule has 0 bridgehead atoms. The fourth-order valence-electron chi connectivity index (χ4n) is 3.14. The minimum atomic E-state index is 0.174. The number of aliphatic hydroxyl groups excluding tert-OH is 1. The molecule has 0 spiro atoms. The SMILES string of the molecule is COc1ccc2c(N3CCCCCC3CO)nccc2c1. The lowest BCUT2D eigenvalue weighted by Gasteiger charge is -2.30. The van der Waals surface area contributed by atoms with Crippen molar-refractivity contribution in [2.45, 2.75) is 31.7 Å². The molecule has 4 nitrogen and oxygen atoms in total. The first-order chi connectivity index (χ1) is 10.3. The molecular formula is C17H22N2O2. The topological polar surface area (TPSA) is 45.6 Å². The van der Waals surface area contributed by atoms with Gasteiger partial charge in [-0.2, -0.15) is 0 Å². The zero-order valence-electron chi connectivity index (χ0n) is 12.5. The third kappa shape index (κ3) is 2.81. The zero-order chi connectivity index (χ0) is 14.7. The van der Waals surface area contributed by atoms with Crippen LogP contribution in [0.25, 0.3) is 10.8 Å². The Morgan fingerprint density at radius 3 is 3.00 bits per heavy atom. The summed E-state index contributed by atoms with van der Waals surface area (Å²) in [5.41, 5.74) is 0. The van der Waals surface area contributed by atoms with E-state index in [0.29, 0.717) is 0 Å². The van der Waals surface area contributed by atoms with Crippen molar-refractivity contribution in [2.75, 3.05) is 25.2 Å². The van der Waals surface area contributed by atoms with Gasteiger partial charge in [0.05, 0.1) is 19.8 Å². The van der Waals surface area contributed by atoms with Crippen molar-refractivity contribution >= 4 is 16.6 Å². The molecule has 2 heterocycles. The van der Waals surface area contributed by atoms with Crippen LogP contribution in [0, 0.1) is 0 Å². The van der Waals surface area contributed by atoms with Gasteiger partial charge in [-0.15, -0.1) is 0 Å². The standard InChI is InChI=1S/C17H22N2O2/c1-21-15-6-7-16-13(11-15)8-9-18-17(16)19-10-4-2-3-5-14(19)12-20/h6-9,11,14,20H,2-5,10,12H2,1H3. The quantitative estimate of drug-likeness (QED) is 0.942. The predicted molar refractivity (Wildman–Crippen MR) is 85.0 cm³/mol. The molecule has 1 unspecified atom stereocenters. The molecule has 3 rings (SSSR count). The Bertz CT molecular complexity index is 615. The number of methoxy groups -OCH3 is 1. The van der Waals surface area contributed by atoms with Gasteiger partial charge in [0.1, 0.15) is 11.6 Å². The van der Waals surface area contributed by atoms with Crippen LogP contribution >= 0.6 is 0 Å². The number of hydrogen-bond acceptors (Lipinski definition) is 4. The van der Waals surface area contributed by atoms with Gasteiger partial charge in [-0.1, -0.05) is 12.8 Å². The summed E-state index contributed by atoms with van der Waals surface area (Å²) in [6, 6.07) is 8.25. The van der Waals surface area contributed by atoms with Crippen LogP contribution in [-0.4, -0.2) is 36.4 Å². The van der Waals surface area contributed by atoms with Gasteiger partial charge in [0.15, 0.2) is 0 Å². The van der Waals surface area contributed by atoms with E-state index in [2.05, 4.69) is 16.0 Å². The minimum Gasteiger partial charge on any atom is -0.497 e. The van der Waals surface area contributed by atoms with Crippen molar-refractivity contribution in [3.05, 3.63) is 30.5 Å². The fourth-order valence-corrected chi connectivity index (χ4v) is 3.14. The van der Waals surface area contributed by atoms with Gasteiger partial charge in [-0.25, -0.2) is 4.98 Å². The van der Waals surface area contributed by atoms with E-state index in [1.807, 2.05) is 24.4 Å². The number of fused-ring (bicyclic) bond motifs is 1. The molecule has 1 N–H and O–H groups in total. The third-order valence-corrected chi connectivity index (χ3v) is 4.31. The average Bonchev–Trinajstić information content (AvgIpc) is 2.78. The first-order valence-corrected chi connectivity index (χ1v) is 7.63. The summed E-state index contributed by atoms with van der Waals surface area (Å²) < 4.78 is 5.30. The molecular weight excluding hydrogens is 264 g/mol. The maximum absolute atomic E-state index is 9.71. The highest BCUT2D eigenvalue weighted by Gasteiger charge is 2.23. The van der Waals surface area contributed by atoms with Crippen LogP contribution in [-0.2, 0) is 0 Å². The van der Waals surface area contributed by atoms with Crippen LogP contribution in [0.2, 0.25) is 0 Å². The number of aliphatic hydroxyl groups is 1. The van der Waals surface area contributed by atoms with Crippen molar-refractivity contribution < 1.29 is 9.84 Å². The lowest BCUT2D eigenvalue weighted by molar-refractivity contribution is 0.255. The van der Waals surface area contributed by atoms with Crippen LogP contribution in [0.15, 0.2) is 30.5 Å². The van der Waals surface area contributed by atoms with E-state index in [-0.39, 0.29) is 12.6 Å². The number of rotatable bonds is 3. The van der Waals surface area contributed by atoms with Crippen LogP contribution < -0.4 is 9.64 Å². The first kappa shape index (κ1) is 14.1. The average molecular weight is 286 g/mol. The molecule has 0 saturated carbocycles. The molecule has 112 valence electrons. The van der Waals surface area contributed by atoms with E-state index in [1.165, 1.54) is 12.8 Å². The molecule has 1 saturated heterocycles. The van der Waals surface area contributed by atoms with Crippen molar-refractivity contribution in [2.24, 2.45) is 0 Å². The number of ether oxygens (including phenoxy) is 1. The Kier molecular flexibility index (Phi) is 4.25. The lowest BCUT2D eigenvalue weighted by atomic mass is 10.1. The number of benzene rings is 1. The van der Waals surface area contributed by atoms with Crippen LogP contribution in [0.1, 0.15) is 25.7 Å². The van der Waals surface area contributed by atoms with E-state index >= 15 is 0 Å². The van der Waals surface area contributed by atoms with E-state index in [1.54, 1.807) is 7.11 Å². The van der Waals surface area contributed by atoms with Crippen molar-refractivity contribution in [3.8, 4) is 5.75 Å². The molecule has 0 amide bonds. The summed E-state index contributed by atoms with van der Waals surface area (Å²) in [5.74, 6) is 1.84. The fraction of sp³-hybridized carbons (Fsp3) is 0.471. The summed E-state index contributed by atoms with van der Waals surface area (Å²) in [6.45, 7) is 1.15. The van der Waals surface area contributed by atoms with E-state index in [0.717, 1.165) is 41.7 Å². The Morgan fingerprint density at radius 2 is 2.19 bits per heavy atom. The molecule has 1 aliphatic heterocycles. The highest BCUT2D eigenvalue weighted by Crippen LogP contribution is 2.31. The molecule has 1 aromatic heterocycles. The molecule has 21 heavy (non-hydrogen) atoms. The molecule has 0 radical (unpaired) electrons. The normalized spacial score (nSPS) is 19.5. The maximum atomic E-state index is 9.71. The molecule has 1 aromatic carbocycles. The van der Waals surface area contributed by atoms with Gasteiger partial charge in [0, 0.05) is 18.1 Å². The second-order valence-electron chi connectivity index (χ2n) is 5.60. The van der Waals surface area contributed by atoms with E-state index in [4.69, 9.17) is 4.74 Å². The predicted octanol–water partition coefficient (Wildman–Crippen LogP) is 2.98.